The number of nitro benzene ring substituents is 1. The monoisotopic (exact) mass is 297 g/mol. The van der Waals surface area contributed by atoms with E-state index in [9.17, 15) is 19.3 Å². The number of carbonyl (C=O) groups is 1. The zero-order chi connectivity index (χ0) is 11.6. The minimum Gasteiger partial charge on any atom is -0.407 e. The third-order valence-electron chi connectivity index (χ3n) is 1.39. The number of hydrogen-bond acceptors (Lipinski definition) is 4. The molecule has 0 N–H and O–H groups in total. The van der Waals surface area contributed by atoms with Crippen molar-refractivity contribution in [3.8, 4) is 5.75 Å². The average Bonchev–Trinajstić information content (AvgIpc) is 2.09. The normalized spacial score (nSPS) is 9.80. The Labute approximate surface area is 96.1 Å². The molecule has 0 fully saturated rings. The molecule has 8 heteroatoms. The molecule has 15 heavy (non-hydrogen) atoms. The predicted octanol–water partition coefficient (Wildman–Crippen LogP) is 3.23. The maximum absolute atomic E-state index is 13.0. The molecule has 0 saturated heterocycles. The van der Waals surface area contributed by atoms with Gasteiger partial charge in [-0.2, -0.15) is 0 Å². The Balaban J connectivity index is 3.28. The van der Waals surface area contributed by atoms with E-state index in [1.165, 1.54) is 0 Å². The third-order valence-corrected chi connectivity index (χ3v) is 2.07. The topological polar surface area (TPSA) is 69.4 Å². The minimum atomic E-state index is -1.28. The van der Waals surface area contributed by atoms with E-state index in [0.29, 0.717) is 6.07 Å². The summed E-state index contributed by atoms with van der Waals surface area (Å²) in [7, 11) is 0. The van der Waals surface area contributed by atoms with Gasteiger partial charge in [-0.25, -0.2) is 9.18 Å². The van der Waals surface area contributed by atoms with E-state index in [2.05, 4.69) is 20.7 Å². The lowest BCUT2D eigenvalue weighted by atomic mass is 10.3. The van der Waals surface area contributed by atoms with Gasteiger partial charge in [-0.15, -0.1) is 0 Å². The Hall–Kier alpha value is -1.21. The van der Waals surface area contributed by atoms with Crippen LogP contribution in [0.3, 0.4) is 0 Å². The molecule has 0 aliphatic heterocycles. The quantitative estimate of drug-likeness (QED) is 0.477. The molecule has 0 radical (unpaired) electrons. The Morgan fingerprint density at radius 2 is 2.20 bits per heavy atom. The molecule has 0 amide bonds. The number of rotatable bonds is 2. The van der Waals surface area contributed by atoms with Crippen LogP contribution >= 0.6 is 27.5 Å². The first-order valence-corrected chi connectivity index (χ1v) is 4.59. The summed E-state index contributed by atoms with van der Waals surface area (Å²) in [6.45, 7) is 0. The van der Waals surface area contributed by atoms with Gasteiger partial charge in [0.1, 0.15) is 5.82 Å². The van der Waals surface area contributed by atoms with Crippen LogP contribution in [0.15, 0.2) is 16.6 Å². The molecule has 0 aliphatic rings. The first kappa shape index (κ1) is 11.9. The zero-order valence-corrected chi connectivity index (χ0v) is 9.21. The van der Waals surface area contributed by atoms with Crippen LogP contribution < -0.4 is 4.74 Å². The lowest BCUT2D eigenvalue weighted by Crippen LogP contribution is -2.01. The van der Waals surface area contributed by atoms with Crippen LogP contribution in [0.2, 0.25) is 0 Å². The first-order valence-electron chi connectivity index (χ1n) is 3.42. The number of ether oxygens (including phenoxy) is 1. The fraction of sp³-hybridized carbons (Fsp3) is 0. The number of carbonyl (C=O) groups excluding carboxylic acids is 1. The number of benzene rings is 1. The Bertz CT molecular complexity index is 439. The lowest BCUT2D eigenvalue weighted by Gasteiger charge is -2.02. The minimum absolute atomic E-state index is 0.108. The number of nitro groups is 1. The molecule has 1 aromatic carbocycles. The van der Waals surface area contributed by atoms with E-state index >= 15 is 0 Å². The molecule has 0 spiro atoms. The van der Waals surface area contributed by atoms with Gasteiger partial charge in [0, 0.05) is 23.7 Å². The van der Waals surface area contributed by atoms with Crippen LogP contribution in [0.25, 0.3) is 0 Å². The van der Waals surface area contributed by atoms with Crippen LogP contribution in [-0.2, 0) is 0 Å². The highest BCUT2D eigenvalue weighted by atomic mass is 79.9. The Morgan fingerprint density at radius 1 is 1.60 bits per heavy atom. The molecule has 0 bridgehead atoms. The molecule has 0 aromatic heterocycles. The van der Waals surface area contributed by atoms with Gasteiger partial charge in [0.15, 0.2) is 0 Å². The first-order chi connectivity index (χ1) is 6.91. The van der Waals surface area contributed by atoms with E-state index < -0.39 is 27.6 Å². The van der Waals surface area contributed by atoms with Gasteiger partial charge >= 0.3 is 11.1 Å². The highest BCUT2D eigenvalue weighted by Crippen LogP contribution is 2.32. The van der Waals surface area contributed by atoms with Gasteiger partial charge in [-0.3, -0.25) is 10.1 Å². The molecule has 0 saturated carbocycles. The van der Waals surface area contributed by atoms with Crippen molar-refractivity contribution in [3.05, 3.63) is 32.5 Å². The van der Waals surface area contributed by atoms with E-state index in [1.807, 2.05) is 0 Å². The summed E-state index contributed by atoms with van der Waals surface area (Å²) in [4.78, 5) is 20.0. The smallest absolute Gasteiger partial charge is 0.407 e. The highest BCUT2D eigenvalue weighted by Gasteiger charge is 2.20. The standard InChI is InChI=1S/C7H2BrClFNO4/c8-3-1-5(11(13)14)6(2-4(3)10)15-7(9)12/h1-2H. The van der Waals surface area contributed by atoms with E-state index in [-0.39, 0.29) is 4.47 Å². The number of nitrogens with zero attached hydrogens (tertiary/aromatic N) is 1. The van der Waals surface area contributed by atoms with Crippen molar-refractivity contribution in [2.45, 2.75) is 0 Å². The summed E-state index contributed by atoms with van der Waals surface area (Å²) in [5, 5.41) is 10.5. The second kappa shape index (κ2) is 4.54. The van der Waals surface area contributed by atoms with Crippen molar-refractivity contribution in [2.75, 3.05) is 0 Å². The summed E-state index contributed by atoms with van der Waals surface area (Å²) in [6.07, 6.45) is 0. The third kappa shape index (κ3) is 2.87. The molecule has 80 valence electrons. The molecule has 0 atom stereocenters. The summed E-state index contributed by atoms with van der Waals surface area (Å²) >= 11 is 7.63. The SMILES string of the molecule is O=C(Cl)Oc1cc(F)c(Br)cc1[N+](=O)[O-]. The van der Waals surface area contributed by atoms with Crippen LogP contribution in [-0.4, -0.2) is 10.4 Å². The van der Waals surface area contributed by atoms with Crippen molar-refractivity contribution < 1.29 is 18.8 Å². The molecule has 0 heterocycles. The Morgan fingerprint density at radius 3 is 2.67 bits per heavy atom. The maximum atomic E-state index is 13.0. The van der Waals surface area contributed by atoms with E-state index in [4.69, 9.17) is 11.6 Å². The summed E-state index contributed by atoms with van der Waals surface area (Å²) in [5.41, 5.74) is -1.84. The van der Waals surface area contributed by atoms with Crippen molar-refractivity contribution >= 4 is 38.6 Å². The highest BCUT2D eigenvalue weighted by molar-refractivity contribution is 9.10. The van der Waals surface area contributed by atoms with Crippen molar-refractivity contribution in [3.63, 3.8) is 0 Å². The zero-order valence-electron chi connectivity index (χ0n) is 6.87. The van der Waals surface area contributed by atoms with Crippen LogP contribution in [0, 0.1) is 15.9 Å². The molecule has 5 nitrogen and oxygen atoms in total. The van der Waals surface area contributed by atoms with Gasteiger partial charge in [-0.05, 0) is 15.9 Å². The van der Waals surface area contributed by atoms with Gasteiger partial charge < -0.3 is 4.74 Å². The van der Waals surface area contributed by atoms with Crippen molar-refractivity contribution in [2.24, 2.45) is 0 Å². The second-order valence-corrected chi connectivity index (χ2v) is 3.49. The van der Waals surface area contributed by atoms with Gasteiger partial charge in [-0.1, -0.05) is 0 Å². The average molecular weight is 298 g/mol. The summed E-state index contributed by atoms with van der Waals surface area (Å²) in [5.74, 6) is -1.34. The fourth-order valence-electron chi connectivity index (χ4n) is 0.829. The summed E-state index contributed by atoms with van der Waals surface area (Å²) in [6, 6.07) is 1.58. The van der Waals surface area contributed by atoms with E-state index in [0.717, 1.165) is 6.07 Å². The summed E-state index contributed by atoms with van der Waals surface area (Å²) < 4.78 is 17.1. The van der Waals surface area contributed by atoms with Crippen LogP contribution in [0.4, 0.5) is 14.9 Å². The molecule has 1 aromatic rings. The second-order valence-electron chi connectivity index (χ2n) is 2.33. The lowest BCUT2D eigenvalue weighted by molar-refractivity contribution is -0.385. The van der Waals surface area contributed by atoms with Crippen LogP contribution in [0.5, 0.6) is 5.75 Å². The largest absolute Gasteiger partial charge is 0.409 e. The number of hydrogen-bond donors (Lipinski definition) is 0. The Kier molecular flexibility index (Phi) is 3.59. The van der Waals surface area contributed by atoms with Gasteiger partial charge in [0.05, 0.1) is 9.40 Å². The van der Waals surface area contributed by atoms with Gasteiger partial charge in [0.25, 0.3) is 0 Å². The molecule has 0 aliphatic carbocycles. The number of halogens is 3. The van der Waals surface area contributed by atoms with Crippen molar-refractivity contribution in [1.82, 2.24) is 0 Å². The predicted molar refractivity (Wildman–Crippen MR) is 52.6 cm³/mol. The van der Waals surface area contributed by atoms with Crippen LogP contribution in [0.1, 0.15) is 0 Å². The molecular formula is C7H2BrClFNO4. The van der Waals surface area contributed by atoms with E-state index in [1.54, 1.807) is 0 Å². The molecule has 1 rings (SSSR count). The molecular weight excluding hydrogens is 296 g/mol. The van der Waals surface area contributed by atoms with Gasteiger partial charge in [0.2, 0.25) is 5.75 Å². The van der Waals surface area contributed by atoms with Crippen molar-refractivity contribution in [1.29, 1.82) is 0 Å². The fourth-order valence-corrected chi connectivity index (χ4v) is 1.24. The maximum Gasteiger partial charge on any atom is 0.409 e. The molecule has 0 unspecified atom stereocenters.